The first kappa shape index (κ1) is 12.0. The van der Waals surface area contributed by atoms with Gasteiger partial charge in [0.05, 0.1) is 6.61 Å². The van der Waals surface area contributed by atoms with E-state index < -0.39 is 0 Å². The topological polar surface area (TPSA) is 24.5 Å². The zero-order valence-corrected chi connectivity index (χ0v) is 9.75. The number of nitrogens with zero attached hydrogens (tertiary/aromatic N) is 1. The second-order valence-corrected chi connectivity index (χ2v) is 4.19. The van der Waals surface area contributed by atoms with E-state index in [1.54, 1.807) is 7.11 Å². The van der Waals surface area contributed by atoms with Crippen molar-refractivity contribution in [3.8, 4) is 0 Å². The summed E-state index contributed by atoms with van der Waals surface area (Å²) in [4.78, 5) is 2.56. The first-order chi connectivity index (χ1) is 6.79. The van der Waals surface area contributed by atoms with Gasteiger partial charge in [0.15, 0.2) is 0 Å². The Balaban J connectivity index is 2.41. The van der Waals surface area contributed by atoms with E-state index in [0.717, 1.165) is 32.2 Å². The van der Waals surface area contributed by atoms with Crippen molar-refractivity contribution in [2.75, 3.05) is 39.9 Å². The molecule has 14 heavy (non-hydrogen) atoms. The molecule has 2 unspecified atom stereocenters. The summed E-state index contributed by atoms with van der Waals surface area (Å²) >= 11 is 0. The normalized spacial score (nSPS) is 26.4. The summed E-state index contributed by atoms with van der Waals surface area (Å²) < 4.78 is 5.14. The summed E-state index contributed by atoms with van der Waals surface area (Å²) in [6.07, 6.45) is 1.26. The van der Waals surface area contributed by atoms with Gasteiger partial charge in [-0.2, -0.15) is 0 Å². The number of piperazine rings is 1. The highest BCUT2D eigenvalue weighted by atomic mass is 16.5. The van der Waals surface area contributed by atoms with Crippen molar-refractivity contribution in [2.24, 2.45) is 5.92 Å². The zero-order valence-electron chi connectivity index (χ0n) is 9.75. The van der Waals surface area contributed by atoms with E-state index in [1.807, 2.05) is 0 Å². The lowest BCUT2D eigenvalue weighted by Crippen LogP contribution is -2.54. The Hall–Kier alpha value is -0.120. The summed E-state index contributed by atoms with van der Waals surface area (Å²) in [7, 11) is 1.78. The van der Waals surface area contributed by atoms with Crippen LogP contribution in [-0.2, 0) is 4.74 Å². The fraction of sp³-hybridized carbons (Fsp3) is 1.00. The maximum absolute atomic E-state index is 5.14. The van der Waals surface area contributed by atoms with Gasteiger partial charge in [0.25, 0.3) is 0 Å². The Morgan fingerprint density at radius 1 is 1.57 bits per heavy atom. The molecule has 1 saturated heterocycles. The Morgan fingerprint density at radius 2 is 2.36 bits per heavy atom. The zero-order chi connectivity index (χ0) is 10.4. The van der Waals surface area contributed by atoms with Gasteiger partial charge in [-0.1, -0.05) is 20.3 Å². The molecule has 1 fully saturated rings. The van der Waals surface area contributed by atoms with E-state index in [9.17, 15) is 0 Å². The van der Waals surface area contributed by atoms with Gasteiger partial charge in [0.1, 0.15) is 0 Å². The van der Waals surface area contributed by atoms with E-state index in [2.05, 4.69) is 24.1 Å². The number of ether oxygens (including phenoxy) is 1. The van der Waals surface area contributed by atoms with Gasteiger partial charge >= 0.3 is 0 Å². The molecule has 1 N–H and O–H groups in total. The third-order valence-corrected chi connectivity index (χ3v) is 3.28. The van der Waals surface area contributed by atoms with Gasteiger partial charge in [0.2, 0.25) is 0 Å². The van der Waals surface area contributed by atoms with Crippen LogP contribution in [0.3, 0.4) is 0 Å². The molecule has 0 aliphatic carbocycles. The SMILES string of the molecule is CCC(C)C1CNCCN1CCOC. The number of hydrogen-bond acceptors (Lipinski definition) is 3. The van der Waals surface area contributed by atoms with Crippen LogP contribution in [0.15, 0.2) is 0 Å². The van der Waals surface area contributed by atoms with Crippen molar-refractivity contribution < 1.29 is 4.74 Å². The summed E-state index contributed by atoms with van der Waals surface area (Å²) in [5.74, 6) is 0.777. The molecule has 0 saturated carbocycles. The summed E-state index contributed by atoms with van der Waals surface area (Å²) in [6.45, 7) is 9.97. The molecule has 1 aliphatic heterocycles. The minimum absolute atomic E-state index is 0.698. The largest absolute Gasteiger partial charge is 0.383 e. The smallest absolute Gasteiger partial charge is 0.0589 e. The van der Waals surface area contributed by atoms with Crippen molar-refractivity contribution in [1.29, 1.82) is 0 Å². The van der Waals surface area contributed by atoms with Crippen molar-refractivity contribution in [2.45, 2.75) is 26.3 Å². The molecule has 0 aromatic heterocycles. The van der Waals surface area contributed by atoms with E-state index in [-0.39, 0.29) is 0 Å². The lowest BCUT2D eigenvalue weighted by molar-refractivity contribution is 0.0783. The molecule has 0 aromatic carbocycles. The highest BCUT2D eigenvalue weighted by Gasteiger charge is 2.25. The Kier molecular flexibility index (Phi) is 5.45. The van der Waals surface area contributed by atoms with Crippen LogP contribution >= 0.6 is 0 Å². The van der Waals surface area contributed by atoms with Crippen molar-refractivity contribution in [3.05, 3.63) is 0 Å². The molecule has 3 heteroatoms. The van der Waals surface area contributed by atoms with Crippen molar-refractivity contribution in [3.63, 3.8) is 0 Å². The van der Waals surface area contributed by atoms with E-state index >= 15 is 0 Å². The van der Waals surface area contributed by atoms with Gasteiger partial charge in [-0.25, -0.2) is 0 Å². The van der Waals surface area contributed by atoms with Crippen LogP contribution < -0.4 is 5.32 Å². The minimum Gasteiger partial charge on any atom is -0.383 e. The lowest BCUT2D eigenvalue weighted by atomic mass is 9.96. The standard InChI is InChI=1S/C11H24N2O/c1-4-10(2)11-9-12-5-6-13(11)7-8-14-3/h10-12H,4-9H2,1-3H3. The average Bonchev–Trinajstić information content (AvgIpc) is 2.25. The van der Waals surface area contributed by atoms with E-state index in [0.29, 0.717) is 6.04 Å². The number of methoxy groups -OCH3 is 1. The predicted octanol–water partition coefficient (Wildman–Crippen LogP) is 0.953. The maximum Gasteiger partial charge on any atom is 0.0589 e. The molecule has 0 aromatic rings. The molecule has 2 atom stereocenters. The van der Waals surface area contributed by atoms with Gasteiger partial charge in [-0.3, -0.25) is 4.90 Å². The number of nitrogens with one attached hydrogen (secondary N) is 1. The molecule has 1 rings (SSSR count). The van der Waals surface area contributed by atoms with Crippen LogP contribution in [0, 0.1) is 5.92 Å². The highest BCUT2D eigenvalue weighted by molar-refractivity contribution is 4.82. The van der Waals surface area contributed by atoms with Crippen molar-refractivity contribution in [1.82, 2.24) is 10.2 Å². The Bertz CT molecular complexity index is 152. The van der Waals surface area contributed by atoms with Crippen LogP contribution in [0.1, 0.15) is 20.3 Å². The van der Waals surface area contributed by atoms with Gasteiger partial charge in [-0.05, 0) is 5.92 Å². The third-order valence-electron chi connectivity index (χ3n) is 3.28. The number of rotatable bonds is 5. The molecule has 1 heterocycles. The van der Waals surface area contributed by atoms with Gasteiger partial charge in [-0.15, -0.1) is 0 Å². The predicted molar refractivity (Wildman–Crippen MR) is 59.6 cm³/mol. The molecule has 0 amide bonds. The lowest BCUT2D eigenvalue weighted by Gasteiger charge is -2.39. The van der Waals surface area contributed by atoms with Crippen LogP contribution in [0.5, 0.6) is 0 Å². The second kappa shape index (κ2) is 6.38. The molecule has 0 spiro atoms. The summed E-state index contributed by atoms with van der Waals surface area (Å²) in [6, 6.07) is 0.698. The van der Waals surface area contributed by atoms with E-state index in [1.165, 1.54) is 13.0 Å². The first-order valence-electron chi connectivity index (χ1n) is 5.73. The van der Waals surface area contributed by atoms with E-state index in [4.69, 9.17) is 4.74 Å². The van der Waals surface area contributed by atoms with Crippen LogP contribution in [0.25, 0.3) is 0 Å². The minimum atomic E-state index is 0.698. The third kappa shape index (κ3) is 3.23. The quantitative estimate of drug-likeness (QED) is 0.715. The molecular formula is C11H24N2O. The molecule has 1 aliphatic rings. The number of hydrogen-bond donors (Lipinski definition) is 1. The molecular weight excluding hydrogens is 176 g/mol. The van der Waals surface area contributed by atoms with Crippen molar-refractivity contribution >= 4 is 0 Å². The van der Waals surface area contributed by atoms with Crippen LogP contribution in [-0.4, -0.2) is 50.8 Å². The fourth-order valence-corrected chi connectivity index (χ4v) is 2.09. The Morgan fingerprint density at radius 3 is 3.00 bits per heavy atom. The second-order valence-electron chi connectivity index (χ2n) is 4.19. The average molecular weight is 200 g/mol. The highest BCUT2D eigenvalue weighted by Crippen LogP contribution is 2.15. The van der Waals surface area contributed by atoms with Gasteiger partial charge in [0, 0.05) is 39.3 Å². The molecule has 3 nitrogen and oxygen atoms in total. The van der Waals surface area contributed by atoms with Crippen LogP contribution in [0.4, 0.5) is 0 Å². The fourth-order valence-electron chi connectivity index (χ4n) is 2.09. The molecule has 0 bridgehead atoms. The summed E-state index contributed by atoms with van der Waals surface area (Å²) in [5.41, 5.74) is 0. The Labute approximate surface area is 87.8 Å². The van der Waals surface area contributed by atoms with Gasteiger partial charge < -0.3 is 10.1 Å². The van der Waals surface area contributed by atoms with Crippen LogP contribution in [0.2, 0.25) is 0 Å². The molecule has 0 radical (unpaired) electrons. The molecule has 84 valence electrons. The maximum atomic E-state index is 5.14. The monoisotopic (exact) mass is 200 g/mol. The summed E-state index contributed by atoms with van der Waals surface area (Å²) in [5, 5.41) is 3.47. The first-order valence-corrected chi connectivity index (χ1v) is 5.73.